The van der Waals surface area contributed by atoms with Crippen molar-refractivity contribution in [3.05, 3.63) is 34.1 Å². The van der Waals surface area contributed by atoms with E-state index >= 15 is 0 Å². The number of nitrogens with one attached hydrogen (secondary N) is 1. The molecule has 0 aliphatic heterocycles. The van der Waals surface area contributed by atoms with Crippen molar-refractivity contribution in [1.82, 2.24) is 5.32 Å². The van der Waals surface area contributed by atoms with Gasteiger partial charge in [-0.15, -0.1) is 0 Å². The van der Waals surface area contributed by atoms with Gasteiger partial charge in [-0.1, -0.05) is 26.3 Å². The van der Waals surface area contributed by atoms with E-state index in [1.54, 1.807) is 7.11 Å². The van der Waals surface area contributed by atoms with E-state index < -0.39 is 0 Å². The normalized spacial score (nSPS) is 14.2. The van der Waals surface area contributed by atoms with Gasteiger partial charge in [-0.25, -0.2) is 4.39 Å². The number of hydrogen-bond donors (Lipinski definition) is 1. The summed E-state index contributed by atoms with van der Waals surface area (Å²) in [7, 11) is 1.71. The van der Waals surface area contributed by atoms with Crippen molar-refractivity contribution in [2.24, 2.45) is 5.41 Å². The average Bonchev–Trinajstić information content (AvgIpc) is 2.39. The van der Waals surface area contributed by atoms with Crippen molar-refractivity contribution >= 4 is 15.9 Å². The highest BCUT2D eigenvalue weighted by Crippen LogP contribution is 2.29. The molecule has 0 radical (unpaired) electrons. The maximum Gasteiger partial charge on any atom is 0.137 e. The van der Waals surface area contributed by atoms with Crippen LogP contribution in [0, 0.1) is 11.2 Å². The molecule has 1 unspecified atom stereocenters. The lowest BCUT2D eigenvalue weighted by Gasteiger charge is -2.30. The van der Waals surface area contributed by atoms with Crippen molar-refractivity contribution < 1.29 is 9.13 Å². The molecule has 0 aromatic heterocycles. The molecular formula is C16H25BrFNO. The molecular weight excluding hydrogens is 321 g/mol. The zero-order valence-electron chi connectivity index (χ0n) is 12.6. The second kappa shape index (κ2) is 8.75. The molecule has 0 spiro atoms. The van der Waals surface area contributed by atoms with Crippen molar-refractivity contribution in [1.29, 1.82) is 0 Å². The Labute approximate surface area is 130 Å². The smallest absolute Gasteiger partial charge is 0.137 e. The van der Waals surface area contributed by atoms with Crippen molar-refractivity contribution in [2.45, 2.75) is 33.1 Å². The second-order valence-corrected chi connectivity index (χ2v) is 6.51. The molecule has 4 heteroatoms. The zero-order chi connectivity index (χ0) is 15.0. The van der Waals surface area contributed by atoms with Crippen LogP contribution >= 0.6 is 15.9 Å². The fraction of sp³-hybridized carbons (Fsp3) is 0.625. The Hall–Kier alpha value is -0.450. The van der Waals surface area contributed by atoms with Crippen LogP contribution in [-0.2, 0) is 11.2 Å². The fourth-order valence-electron chi connectivity index (χ4n) is 2.55. The van der Waals surface area contributed by atoms with Gasteiger partial charge in [0.1, 0.15) is 5.82 Å². The second-order valence-electron chi connectivity index (χ2n) is 5.66. The number of benzene rings is 1. The summed E-state index contributed by atoms with van der Waals surface area (Å²) in [6.45, 7) is 7.02. The molecule has 0 fully saturated rings. The molecule has 20 heavy (non-hydrogen) atoms. The SMILES string of the molecule is CCCC(C)(CNCCOC)Cc1ccc(F)c(Br)c1. The summed E-state index contributed by atoms with van der Waals surface area (Å²) in [6, 6.07) is 5.30. The largest absolute Gasteiger partial charge is 0.383 e. The molecule has 0 saturated heterocycles. The molecule has 114 valence electrons. The monoisotopic (exact) mass is 345 g/mol. The molecule has 1 aromatic carbocycles. The van der Waals surface area contributed by atoms with Gasteiger partial charge < -0.3 is 10.1 Å². The molecule has 1 aromatic rings. The Balaban J connectivity index is 2.66. The van der Waals surface area contributed by atoms with Crippen LogP contribution < -0.4 is 5.32 Å². The quantitative estimate of drug-likeness (QED) is 0.678. The lowest BCUT2D eigenvalue weighted by Crippen LogP contribution is -2.35. The van der Waals surface area contributed by atoms with Crippen LogP contribution in [0.2, 0.25) is 0 Å². The first kappa shape index (κ1) is 17.6. The van der Waals surface area contributed by atoms with Crippen LogP contribution in [0.15, 0.2) is 22.7 Å². The third-order valence-electron chi connectivity index (χ3n) is 3.50. The van der Waals surface area contributed by atoms with Gasteiger partial charge in [-0.2, -0.15) is 0 Å². The fourth-order valence-corrected chi connectivity index (χ4v) is 2.98. The summed E-state index contributed by atoms with van der Waals surface area (Å²) in [5, 5.41) is 3.45. The van der Waals surface area contributed by atoms with Gasteiger partial charge in [0.25, 0.3) is 0 Å². The Morgan fingerprint density at radius 2 is 2.15 bits per heavy atom. The van der Waals surface area contributed by atoms with Crippen LogP contribution in [0.25, 0.3) is 0 Å². The lowest BCUT2D eigenvalue weighted by atomic mass is 9.79. The van der Waals surface area contributed by atoms with Crippen LogP contribution in [0.5, 0.6) is 0 Å². The molecule has 0 heterocycles. The maximum absolute atomic E-state index is 13.3. The highest BCUT2D eigenvalue weighted by Gasteiger charge is 2.23. The topological polar surface area (TPSA) is 21.3 Å². The molecule has 0 aliphatic rings. The Morgan fingerprint density at radius 1 is 1.40 bits per heavy atom. The predicted molar refractivity (Wildman–Crippen MR) is 85.6 cm³/mol. The Bertz CT molecular complexity index is 413. The minimum atomic E-state index is -0.204. The number of ether oxygens (including phenoxy) is 1. The van der Waals surface area contributed by atoms with Crippen LogP contribution in [0.3, 0.4) is 0 Å². The predicted octanol–water partition coefficient (Wildman–Crippen LogP) is 4.17. The standard InChI is InChI=1S/C16H25BrFNO/c1-4-7-16(2,12-19-8-9-20-3)11-13-5-6-15(18)14(17)10-13/h5-6,10,19H,4,7-9,11-12H2,1-3H3. The molecule has 0 aliphatic carbocycles. The van der Waals surface area contributed by atoms with Gasteiger partial charge in [-0.05, 0) is 51.9 Å². The Kier molecular flexibility index (Phi) is 7.70. The summed E-state index contributed by atoms with van der Waals surface area (Å²) in [6.07, 6.45) is 3.23. The van der Waals surface area contributed by atoms with E-state index in [1.807, 2.05) is 12.1 Å². The number of halogens is 2. The van der Waals surface area contributed by atoms with Gasteiger partial charge in [0.2, 0.25) is 0 Å². The van der Waals surface area contributed by atoms with E-state index in [4.69, 9.17) is 4.74 Å². The van der Waals surface area contributed by atoms with Crippen molar-refractivity contribution in [2.75, 3.05) is 26.8 Å². The van der Waals surface area contributed by atoms with Gasteiger partial charge in [0.05, 0.1) is 11.1 Å². The summed E-state index contributed by atoms with van der Waals surface area (Å²) >= 11 is 3.26. The summed E-state index contributed by atoms with van der Waals surface area (Å²) in [4.78, 5) is 0. The molecule has 0 amide bonds. The third kappa shape index (κ3) is 5.90. The third-order valence-corrected chi connectivity index (χ3v) is 4.11. The summed E-state index contributed by atoms with van der Waals surface area (Å²) < 4.78 is 18.9. The maximum atomic E-state index is 13.3. The first-order chi connectivity index (χ1) is 9.50. The van der Waals surface area contributed by atoms with E-state index in [2.05, 4.69) is 35.1 Å². The van der Waals surface area contributed by atoms with E-state index in [0.29, 0.717) is 4.47 Å². The van der Waals surface area contributed by atoms with Crippen molar-refractivity contribution in [3.8, 4) is 0 Å². The highest BCUT2D eigenvalue weighted by molar-refractivity contribution is 9.10. The minimum absolute atomic E-state index is 0.180. The minimum Gasteiger partial charge on any atom is -0.383 e. The van der Waals surface area contributed by atoms with Gasteiger partial charge >= 0.3 is 0 Å². The lowest BCUT2D eigenvalue weighted by molar-refractivity contribution is 0.190. The number of rotatable bonds is 9. The molecule has 1 rings (SSSR count). The van der Waals surface area contributed by atoms with Gasteiger partial charge in [0.15, 0.2) is 0 Å². The van der Waals surface area contributed by atoms with E-state index in [9.17, 15) is 4.39 Å². The van der Waals surface area contributed by atoms with E-state index in [-0.39, 0.29) is 11.2 Å². The molecule has 1 atom stereocenters. The van der Waals surface area contributed by atoms with Crippen LogP contribution in [0.4, 0.5) is 4.39 Å². The molecule has 1 N–H and O–H groups in total. The zero-order valence-corrected chi connectivity index (χ0v) is 14.2. The summed E-state index contributed by atoms with van der Waals surface area (Å²) in [5.41, 5.74) is 1.35. The van der Waals surface area contributed by atoms with Crippen molar-refractivity contribution in [3.63, 3.8) is 0 Å². The van der Waals surface area contributed by atoms with Crippen LogP contribution in [-0.4, -0.2) is 26.8 Å². The van der Waals surface area contributed by atoms with Gasteiger partial charge in [0, 0.05) is 20.2 Å². The number of hydrogen-bond acceptors (Lipinski definition) is 2. The van der Waals surface area contributed by atoms with Crippen LogP contribution in [0.1, 0.15) is 32.3 Å². The Morgan fingerprint density at radius 3 is 2.75 bits per heavy atom. The molecule has 2 nitrogen and oxygen atoms in total. The first-order valence-electron chi connectivity index (χ1n) is 7.14. The van der Waals surface area contributed by atoms with E-state index in [1.165, 1.54) is 11.6 Å². The number of methoxy groups -OCH3 is 1. The average molecular weight is 346 g/mol. The molecule has 0 saturated carbocycles. The first-order valence-corrected chi connectivity index (χ1v) is 7.93. The molecule has 0 bridgehead atoms. The van der Waals surface area contributed by atoms with Gasteiger partial charge in [-0.3, -0.25) is 0 Å². The summed E-state index contributed by atoms with van der Waals surface area (Å²) in [5.74, 6) is -0.204. The highest BCUT2D eigenvalue weighted by atomic mass is 79.9. The van der Waals surface area contributed by atoms with E-state index in [0.717, 1.165) is 39.0 Å².